The van der Waals surface area contributed by atoms with Gasteiger partial charge in [-0.15, -0.1) is 0 Å². The second kappa shape index (κ2) is 6.06. The Kier molecular flexibility index (Phi) is 4.43. The third-order valence-corrected chi connectivity index (χ3v) is 3.46. The van der Waals surface area contributed by atoms with Gasteiger partial charge in [-0.25, -0.2) is 0 Å². The number of fused-ring (bicyclic) bond motifs is 1. The number of nitrogens with zero attached hydrogens (tertiary/aromatic N) is 1. The zero-order chi connectivity index (χ0) is 13.8. The molecule has 104 valence electrons. The van der Waals surface area contributed by atoms with Crippen LogP contribution in [0.4, 0.5) is 5.69 Å². The quantitative estimate of drug-likeness (QED) is 0.883. The van der Waals surface area contributed by atoms with Crippen molar-refractivity contribution < 1.29 is 9.53 Å². The van der Waals surface area contributed by atoms with Gasteiger partial charge in [0.05, 0.1) is 5.69 Å². The molecule has 0 saturated heterocycles. The number of rotatable bonds is 5. The fourth-order valence-electron chi connectivity index (χ4n) is 2.32. The normalized spacial score (nSPS) is 16.2. The summed E-state index contributed by atoms with van der Waals surface area (Å²) in [4.78, 5) is 13.9. The highest BCUT2D eigenvalue weighted by molar-refractivity contribution is 5.97. The minimum Gasteiger partial charge on any atom is -0.482 e. The molecule has 0 radical (unpaired) electrons. The average Bonchev–Trinajstić information content (AvgIpc) is 2.40. The number of hydrogen-bond donors (Lipinski definition) is 1. The van der Waals surface area contributed by atoms with Gasteiger partial charge in [-0.3, -0.25) is 4.79 Å². The van der Waals surface area contributed by atoms with Gasteiger partial charge in [0.25, 0.3) is 5.91 Å². The first-order valence-corrected chi connectivity index (χ1v) is 6.89. The maximum absolute atomic E-state index is 12.1. The van der Waals surface area contributed by atoms with E-state index in [2.05, 4.69) is 26.1 Å². The zero-order valence-electron chi connectivity index (χ0n) is 11.8. The van der Waals surface area contributed by atoms with Gasteiger partial charge >= 0.3 is 0 Å². The molecule has 0 saturated carbocycles. The van der Waals surface area contributed by atoms with Crippen molar-refractivity contribution in [3.8, 4) is 5.75 Å². The number of likely N-dealkylation sites (N-methyl/N-ethyl adjacent to an activating group) is 1. The number of amides is 1. The minimum atomic E-state index is 0.0299. The Morgan fingerprint density at radius 3 is 2.79 bits per heavy atom. The predicted molar refractivity (Wildman–Crippen MR) is 76.6 cm³/mol. The maximum Gasteiger partial charge on any atom is 0.265 e. The summed E-state index contributed by atoms with van der Waals surface area (Å²) < 4.78 is 5.46. The third kappa shape index (κ3) is 3.07. The third-order valence-electron chi connectivity index (χ3n) is 3.46. The van der Waals surface area contributed by atoms with Crippen molar-refractivity contribution in [1.82, 2.24) is 5.32 Å². The summed E-state index contributed by atoms with van der Waals surface area (Å²) >= 11 is 0. The SMILES string of the molecule is CCNC(CN1C(=O)COc2ccccc21)C(C)C. The molecule has 1 atom stereocenters. The molecular formula is C15H22N2O2. The predicted octanol–water partition coefficient (Wildman–Crippen LogP) is 2.05. The van der Waals surface area contributed by atoms with Gasteiger partial charge in [0, 0.05) is 12.6 Å². The van der Waals surface area contributed by atoms with Crippen LogP contribution in [0.2, 0.25) is 0 Å². The van der Waals surface area contributed by atoms with Crippen molar-refractivity contribution >= 4 is 11.6 Å². The first-order valence-electron chi connectivity index (χ1n) is 6.89. The molecule has 1 N–H and O–H groups in total. The Bertz CT molecular complexity index is 446. The number of benzene rings is 1. The second-order valence-electron chi connectivity index (χ2n) is 5.17. The minimum absolute atomic E-state index is 0.0299. The molecule has 1 amide bonds. The van der Waals surface area contributed by atoms with Crippen LogP contribution in [0.1, 0.15) is 20.8 Å². The van der Waals surface area contributed by atoms with E-state index in [9.17, 15) is 4.79 Å². The number of anilines is 1. The second-order valence-corrected chi connectivity index (χ2v) is 5.17. The van der Waals surface area contributed by atoms with Crippen LogP contribution in [0.3, 0.4) is 0 Å². The molecule has 0 spiro atoms. The lowest BCUT2D eigenvalue weighted by Gasteiger charge is -2.33. The van der Waals surface area contributed by atoms with Crippen molar-refractivity contribution in [2.24, 2.45) is 5.92 Å². The van der Waals surface area contributed by atoms with Crippen LogP contribution in [0.5, 0.6) is 5.75 Å². The number of nitrogens with one attached hydrogen (secondary N) is 1. The lowest BCUT2D eigenvalue weighted by atomic mass is 10.0. The van der Waals surface area contributed by atoms with Crippen molar-refractivity contribution in [3.05, 3.63) is 24.3 Å². The van der Waals surface area contributed by atoms with Gasteiger partial charge in [-0.2, -0.15) is 0 Å². The maximum atomic E-state index is 12.1. The van der Waals surface area contributed by atoms with E-state index in [1.165, 1.54) is 0 Å². The standard InChI is InChI=1S/C15H22N2O2/c1-4-16-12(11(2)3)9-17-13-7-5-6-8-14(13)19-10-15(17)18/h5-8,11-12,16H,4,9-10H2,1-3H3. The molecule has 1 aromatic rings. The molecule has 19 heavy (non-hydrogen) atoms. The van der Waals surface area contributed by atoms with Crippen LogP contribution in [0.15, 0.2) is 24.3 Å². The molecule has 1 heterocycles. The fraction of sp³-hybridized carbons (Fsp3) is 0.533. The van der Waals surface area contributed by atoms with Gasteiger partial charge in [-0.1, -0.05) is 32.9 Å². The first-order chi connectivity index (χ1) is 9.13. The number of para-hydroxylation sites is 2. The van der Waals surface area contributed by atoms with Gasteiger partial charge in [0.2, 0.25) is 0 Å². The highest BCUT2D eigenvalue weighted by Gasteiger charge is 2.28. The molecule has 0 bridgehead atoms. The molecule has 4 nitrogen and oxygen atoms in total. The van der Waals surface area contributed by atoms with Crippen LogP contribution in [-0.2, 0) is 4.79 Å². The molecule has 1 unspecified atom stereocenters. The molecule has 1 aliphatic heterocycles. The Morgan fingerprint density at radius 2 is 2.11 bits per heavy atom. The van der Waals surface area contributed by atoms with E-state index >= 15 is 0 Å². The summed E-state index contributed by atoms with van der Waals surface area (Å²) in [7, 11) is 0. The van der Waals surface area contributed by atoms with Crippen LogP contribution < -0.4 is 15.0 Å². The highest BCUT2D eigenvalue weighted by atomic mass is 16.5. The Hall–Kier alpha value is -1.55. The topological polar surface area (TPSA) is 41.6 Å². The molecule has 1 aromatic carbocycles. The van der Waals surface area contributed by atoms with Crippen LogP contribution in [0, 0.1) is 5.92 Å². The monoisotopic (exact) mass is 262 g/mol. The Morgan fingerprint density at radius 1 is 1.37 bits per heavy atom. The molecular weight excluding hydrogens is 240 g/mol. The summed E-state index contributed by atoms with van der Waals surface area (Å²) in [5.74, 6) is 1.30. The van der Waals surface area contributed by atoms with Crippen LogP contribution >= 0.6 is 0 Å². The van der Waals surface area contributed by atoms with Crippen molar-refractivity contribution in [3.63, 3.8) is 0 Å². The summed E-state index contributed by atoms with van der Waals surface area (Å²) in [6, 6.07) is 8.00. The van der Waals surface area contributed by atoms with Gasteiger partial charge in [-0.05, 0) is 24.6 Å². The highest BCUT2D eigenvalue weighted by Crippen LogP contribution is 2.31. The Balaban J connectivity index is 2.21. The smallest absolute Gasteiger partial charge is 0.265 e. The summed E-state index contributed by atoms with van der Waals surface area (Å²) in [6.45, 7) is 8.15. The molecule has 0 aromatic heterocycles. The molecule has 2 rings (SSSR count). The van der Waals surface area contributed by atoms with Gasteiger partial charge in [0.15, 0.2) is 6.61 Å². The van der Waals surface area contributed by atoms with E-state index in [0.717, 1.165) is 18.0 Å². The molecule has 0 aliphatic carbocycles. The van der Waals surface area contributed by atoms with Crippen LogP contribution in [-0.4, -0.2) is 31.6 Å². The van der Waals surface area contributed by atoms with Crippen LogP contribution in [0.25, 0.3) is 0 Å². The van der Waals surface area contributed by atoms with Crippen molar-refractivity contribution in [2.75, 3.05) is 24.6 Å². The fourth-order valence-corrected chi connectivity index (χ4v) is 2.32. The van der Waals surface area contributed by atoms with Gasteiger partial charge < -0.3 is 15.0 Å². The first kappa shape index (κ1) is 13.9. The van der Waals surface area contributed by atoms with E-state index < -0.39 is 0 Å². The van der Waals surface area contributed by atoms with Gasteiger partial charge in [0.1, 0.15) is 5.75 Å². The molecule has 0 fully saturated rings. The molecule has 1 aliphatic rings. The molecule has 4 heteroatoms. The lowest BCUT2D eigenvalue weighted by molar-refractivity contribution is -0.121. The number of carbonyl (C=O) groups is 1. The summed E-state index contributed by atoms with van der Waals surface area (Å²) in [6.07, 6.45) is 0. The Labute approximate surface area is 114 Å². The average molecular weight is 262 g/mol. The number of carbonyl (C=O) groups excluding carboxylic acids is 1. The summed E-state index contributed by atoms with van der Waals surface area (Å²) in [5, 5.41) is 3.45. The number of ether oxygens (including phenoxy) is 1. The van der Waals surface area contributed by atoms with E-state index in [0.29, 0.717) is 18.5 Å². The van der Waals surface area contributed by atoms with E-state index in [4.69, 9.17) is 4.74 Å². The summed E-state index contributed by atoms with van der Waals surface area (Å²) in [5.41, 5.74) is 0.877. The van der Waals surface area contributed by atoms with E-state index in [1.807, 2.05) is 29.2 Å². The lowest BCUT2D eigenvalue weighted by Crippen LogP contribution is -2.49. The largest absolute Gasteiger partial charge is 0.482 e. The van der Waals surface area contributed by atoms with Crippen molar-refractivity contribution in [1.29, 1.82) is 0 Å². The van der Waals surface area contributed by atoms with E-state index in [1.54, 1.807) is 0 Å². The number of hydrogen-bond acceptors (Lipinski definition) is 3. The van der Waals surface area contributed by atoms with Crippen molar-refractivity contribution in [2.45, 2.75) is 26.8 Å². The van der Waals surface area contributed by atoms with E-state index in [-0.39, 0.29) is 12.5 Å². The zero-order valence-corrected chi connectivity index (χ0v) is 11.8.